The molecule has 0 unspecified atom stereocenters. The number of aromatic nitrogens is 2. The summed E-state index contributed by atoms with van der Waals surface area (Å²) in [5.41, 5.74) is 8.85. The van der Waals surface area contributed by atoms with Gasteiger partial charge in [-0.2, -0.15) is 0 Å². The van der Waals surface area contributed by atoms with Crippen LogP contribution < -0.4 is 5.73 Å². The van der Waals surface area contributed by atoms with Crippen LogP contribution in [0.25, 0.3) is 11.0 Å². The number of hydrogen-bond donors (Lipinski definition) is 1. The maximum Gasteiger partial charge on any atom is 0.112 e. The molecule has 0 aliphatic carbocycles. The van der Waals surface area contributed by atoms with E-state index in [0.29, 0.717) is 0 Å². The van der Waals surface area contributed by atoms with Gasteiger partial charge in [-0.05, 0) is 25.5 Å². The second kappa shape index (κ2) is 5.89. The van der Waals surface area contributed by atoms with Gasteiger partial charge in [0.05, 0.1) is 11.2 Å². The molecule has 0 radical (unpaired) electrons. The molecular weight excluding hydrogens is 222 g/mol. The average molecular weight is 245 g/mol. The van der Waals surface area contributed by atoms with E-state index in [0.717, 1.165) is 23.6 Å². The Hall–Kier alpha value is -1.51. The Morgan fingerprint density at radius 1 is 1.17 bits per heavy atom. The van der Waals surface area contributed by atoms with Gasteiger partial charge in [-0.15, -0.1) is 0 Å². The molecule has 3 heteroatoms. The van der Waals surface area contributed by atoms with Gasteiger partial charge in [-0.25, -0.2) is 4.98 Å². The van der Waals surface area contributed by atoms with Gasteiger partial charge in [-0.1, -0.05) is 38.7 Å². The van der Waals surface area contributed by atoms with Crippen molar-refractivity contribution in [2.75, 3.05) is 5.73 Å². The lowest BCUT2D eigenvalue weighted by atomic mass is 10.1. The summed E-state index contributed by atoms with van der Waals surface area (Å²) in [7, 11) is 0. The minimum absolute atomic E-state index is 0.778. The zero-order valence-corrected chi connectivity index (χ0v) is 11.4. The zero-order chi connectivity index (χ0) is 13.0. The van der Waals surface area contributed by atoms with Crippen LogP contribution >= 0.6 is 0 Å². The Kier molecular flexibility index (Phi) is 4.24. The number of benzene rings is 1. The van der Waals surface area contributed by atoms with Crippen molar-refractivity contribution in [3.8, 4) is 0 Å². The van der Waals surface area contributed by atoms with Crippen LogP contribution in [0, 0.1) is 6.92 Å². The SMILES string of the molecule is CCCCCCCn1c(C)nc2c(N)cccc21. The molecule has 0 amide bonds. The Bertz CT molecular complexity index is 514. The maximum atomic E-state index is 5.96. The van der Waals surface area contributed by atoms with Crippen LogP contribution in [0.2, 0.25) is 0 Å². The zero-order valence-electron chi connectivity index (χ0n) is 11.4. The summed E-state index contributed by atoms with van der Waals surface area (Å²) >= 11 is 0. The largest absolute Gasteiger partial charge is 0.397 e. The number of unbranched alkanes of at least 4 members (excludes halogenated alkanes) is 4. The normalized spacial score (nSPS) is 11.2. The number of nitrogens with zero attached hydrogens (tertiary/aromatic N) is 2. The first kappa shape index (κ1) is 12.9. The number of hydrogen-bond acceptors (Lipinski definition) is 2. The lowest BCUT2D eigenvalue weighted by molar-refractivity contribution is 0.568. The molecule has 2 aromatic rings. The summed E-state index contributed by atoms with van der Waals surface area (Å²) in [5, 5.41) is 0. The number of nitrogen functional groups attached to an aromatic ring is 1. The third-order valence-corrected chi connectivity index (χ3v) is 3.49. The summed E-state index contributed by atoms with van der Waals surface area (Å²) in [6, 6.07) is 6.03. The summed E-state index contributed by atoms with van der Waals surface area (Å²) in [5.74, 6) is 1.07. The molecule has 0 bridgehead atoms. The van der Waals surface area contributed by atoms with Crippen molar-refractivity contribution in [3.05, 3.63) is 24.0 Å². The molecule has 98 valence electrons. The minimum atomic E-state index is 0.778. The van der Waals surface area contributed by atoms with Gasteiger partial charge >= 0.3 is 0 Å². The topological polar surface area (TPSA) is 43.8 Å². The Morgan fingerprint density at radius 2 is 1.94 bits per heavy atom. The first-order chi connectivity index (χ1) is 8.74. The van der Waals surface area contributed by atoms with Crippen molar-refractivity contribution >= 4 is 16.7 Å². The van der Waals surface area contributed by atoms with Crippen molar-refractivity contribution in [3.63, 3.8) is 0 Å². The van der Waals surface area contributed by atoms with Crippen LogP contribution in [-0.2, 0) is 6.54 Å². The molecule has 0 saturated carbocycles. The molecule has 3 nitrogen and oxygen atoms in total. The van der Waals surface area contributed by atoms with Gasteiger partial charge < -0.3 is 10.3 Å². The number of fused-ring (bicyclic) bond motifs is 1. The lowest BCUT2D eigenvalue weighted by Crippen LogP contribution is -2.00. The lowest BCUT2D eigenvalue weighted by Gasteiger charge is -2.06. The van der Waals surface area contributed by atoms with Gasteiger partial charge in [0.1, 0.15) is 11.3 Å². The molecule has 0 saturated heterocycles. The first-order valence-electron chi connectivity index (χ1n) is 6.95. The molecule has 0 aliphatic rings. The van der Waals surface area contributed by atoms with Crippen molar-refractivity contribution in [1.82, 2.24) is 9.55 Å². The van der Waals surface area contributed by atoms with Gasteiger partial charge in [-0.3, -0.25) is 0 Å². The number of imidazole rings is 1. The summed E-state index contributed by atoms with van der Waals surface area (Å²) in [4.78, 5) is 4.57. The standard InChI is InChI=1S/C15H23N3/c1-3-4-5-6-7-11-18-12(2)17-15-13(16)9-8-10-14(15)18/h8-10H,3-7,11,16H2,1-2H3. The molecule has 0 aliphatic heterocycles. The molecule has 1 aromatic carbocycles. The van der Waals surface area contributed by atoms with Gasteiger partial charge in [0.15, 0.2) is 0 Å². The third kappa shape index (κ3) is 2.66. The number of para-hydroxylation sites is 1. The minimum Gasteiger partial charge on any atom is -0.397 e. The van der Waals surface area contributed by atoms with Gasteiger partial charge in [0, 0.05) is 6.54 Å². The van der Waals surface area contributed by atoms with Gasteiger partial charge in [0.25, 0.3) is 0 Å². The van der Waals surface area contributed by atoms with E-state index in [4.69, 9.17) is 5.73 Å². The van der Waals surface area contributed by atoms with Crippen LogP contribution in [0.5, 0.6) is 0 Å². The first-order valence-corrected chi connectivity index (χ1v) is 6.95. The van der Waals surface area contributed by atoms with E-state index in [2.05, 4.69) is 29.5 Å². The van der Waals surface area contributed by atoms with Crippen LogP contribution in [0.3, 0.4) is 0 Å². The molecule has 2 rings (SSSR count). The molecule has 18 heavy (non-hydrogen) atoms. The van der Waals surface area contributed by atoms with Crippen LogP contribution in [0.4, 0.5) is 5.69 Å². The predicted molar refractivity (Wildman–Crippen MR) is 77.6 cm³/mol. The Balaban J connectivity index is 2.08. The fourth-order valence-electron chi connectivity index (χ4n) is 2.44. The molecule has 2 N–H and O–H groups in total. The van der Waals surface area contributed by atoms with E-state index in [1.54, 1.807) is 0 Å². The summed E-state index contributed by atoms with van der Waals surface area (Å²) < 4.78 is 2.29. The average Bonchev–Trinajstić information content (AvgIpc) is 2.68. The van der Waals surface area contributed by atoms with Crippen LogP contribution in [0.1, 0.15) is 44.9 Å². The molecule has 0 spiro atoms. The van der Waals surface area contributed by atoms with E-state index < -0.39 is 0 Å². The van der Waals surface area contributed by atoms with E-state index in [1.807, 2.05) is 12.1 Å². The molecule has 1 heterocycles. The van der Waals surface area contributed by atoms with Crippen molar-refractivity contribution in [2.45, 2.75) is 52.5 Å². The fraction of sp³-hybridized carbons (Fsp3) is 0.533. The number of nitrogens with two attached hydrogens (primary N) is 1. The van der Waals surface area contributed by atoms with Crippen molar-refractivity contribution < 1.29 is 0 Å². The van der Waals surface area contributed by atoms with Crippen LogP contribution in [-0.4, -0.2) is 9.55 Å². The summed E-state index contributed by atoms with van der Waals surface area (Å²) in [6.07, 6.45) is 6.50. The molecular formula is C15H23N3. The highest BCUT2D eigenvalue weighted by molar-refractivity contribution is 5.87. The van der Waals surface area contributed by atoms with Crippen LogP contribution in [0.15, 0.2) is 18.2 Å². The molecule has 0 fully saturated rings. The van der Waals surface area contributed by atoms with E-state index in [-0.39, 0.29) is 0 Å². The smallest absolute Gasteiger partial charge is 0.112 e. The van der Waals surface area contributed by atoms with E-state index in [9.17, 15) is 0 Å². The van der Waals surface area contributed by atoms with E-state index in [1.165, 1.54) is 37.6 Å². The highest BCUT2D eigenvalue weighted by Gasteiger charge is 2.08. The number of aryl methyl sites for hydroxylation is 2. The quantitative estimate of drug-likeness (QED) is 0.619. The second-order valence-corrected chi connectivity index (χ2v) is 4.94. The predicted octanol–water partition coefficient (Wildman–Crippen LogP) is 3.90. The molecule has 0 atom stereocenters. The monoisotopic (exact) mass is 245 g/mol. The number of rotatable bonds is 6. The second-order valence-electron chi connectivity index (χ2n) is 4.94. The number of anilines is 1. The highest BCUT2D eigenvalue weighted by atomic mass is 15.1. The third-order valence-electron chi connectivity index (χ3n) is 3.49. The van der Waals surface area contributed by atoms with Gasteiger partial charge in [0.2, 0.25) is 0 Å². The van der Waals surface area contributed by atoms with E-state index >= 15 is 0 Å². The molecule has 1 aromatic heterocycles. The van der Waals surface area contributed by atoms with Crippen molar-refractivity contribution in [2.24, 2.45) is 0 Å². The Morgan fingerprint density at radius 3 is 2.72 bits per heavy atom. The summed E-state index contributed by atoms with van der Waals surface area (Å²) in [6.45, 7) is 5.36. The van der Waals surface area contributed by atoms with Crippen molar-refractivity contribution in [1.29, 1.82) is 0 Å². The fourth-order valence-corrected chi connectivity index (χ4v) is 2.44. The Labute approximate surface area is 109 Å². The highest BCUT2D eigenvalue weighted by Crippen LogP contribution is 2.22. The maximum absolute atomic E-state index is 5.96.